The number of rotatable bonds is 1. The van der Waals surface area contributed by atoms with Crippen molar-refractivity contribution >= 4 is 0 Å². The maximum atomic E-state index is 5.47. The Kier molecular flexibility index (Phi) is 2.03. The van der Waals surface area contributed by atoms with Crippen molar-refractivity contribution in [2.45, 2.75) is 25.4 Å². The highest BCUT2D eigenvalue weighted by atomic mass is 16.5. The lowest BCUT2D eigenvalue weighted by molar-refractivity contribution is 0.109. The summed E-state index contributed by atoms with van der Waals surface area (Å²) < 4.78 is 5.47. The summed E-state index contributed by atoms with van der Waals surface area (Å²) >= 11 is 0. The minimum Gasteiger partial charge on any atom is -0.376 e. The highest BCUT2D eigenvalue weighted by Crippen LogP contribution is 2.27. The molecule has 0 aliphatic carbocycles. The second-order valence-corrected chi connectivity index (χ2v) is 4.06. The molecular formula is C10H15N3O. The third kappa shape index (κ3) is 1.26. The van der Waals surface area contributed by atoms with Gasteiger partial charge in [-0.05, 0) is 13.0 Å². The van der Waals surface area contributed by atoms with Gasteiger partial charge in [0.1, 0.15) is 0 Å². The zero-order valence-corrected chi connectivity index (χ0v) is 8.18. The SMILES string of the molecule is C1CC(c2n[nH]c3c2COCC3)CN1. The predicted molar refractivity (Wildman–Crippen MR) is 52.2 cm³/mol. The van der Waals surface area contributed by atoms with Crippen LogP contribution in [0.5, 0.6) is 0 Å². The number of hydrogen-bond acceptors (Lipinski definition) is 3. The highest BCUT2D eigenvalue weighted by Gasteiger charge is 2.25. The van der Waals surface area contributed by atoms with Crippen LogP contribution in [0.1, 0.15) is 29.3 Å². The molecule has 3 heterocycles. The first-order valence-corrected chi connectivity index (χ1v) is 5.29. The van der Waals surface area contributed by atoms with Crippen molar-refractivity contribution in [1.29, 1.82) is 0 Å². The minimum atomic E-state index is 0.594. The summed E-state index contributed by atoms with van der Waals surface area (Å²) in [4.78, 5) is 0. The number of ether oxygens (including phenoxy) is 1. The van der Waals surface area contributed by atoms with E-state index in [2.05, 4.69) is 15.5 Å². The summed E-state index contributed by atoms with van der Waals surface area (Å²) in [6, 6.07) is 0. The topological polar surface area (TPSA) is 49.9 Å². The summed E-state index contributed by atoms with van der Waals surface area (Å²) in [5, 5.41) is 11.0. The largest absolute Gasteiger partial charge is 0.376 e. The van der Waals surface area contributed by atoms with Gasteiger partial charge in [0.25, 0.3) is 0 Å². The molecular weight excluding hydrogens is 178 g/mol. The Morgan fingerprint density at radius 2 is 2.43 bits per heavy atom. The van der Waals surface area contributed by atoms with Crippen LogP contribution in [0, 0.1) is 0 Å². The first-order chi connectivity index (χ1) is 6.95. The molecule has 14 heavy (non-hydrogen) atoms. The molecule has 3 rings (SSSR count). The second-order valence-electron chi connectivity index (χ2n) is 4.06. The van der Waals surface area contributed by atoms with Crippen LogP contribution in [-0.4, -0.2) is 29.9 Å². The number of H-pyrrole nitrogens is 1. The molecule has 2 aliphatic rings. The van der Waals surface area contributed by atoms with E-state index in [0.29, 0.717) is 5.92 Å². The van der Waals surface area contributed by atoms with Crippen LogP contribution < -0.4 is 5.32 Å². The van der Waals surface area contributed by atoms with Gasteiger partial charge in [0, 0.05) is 30.1 Å². The van der Waals surface area contributed by atoms with Crippen molar-refractivity contribution in [1.82, 2.24) is 15.5 Å². The molecule has 1 unspecified atom stereocenters. The van der Waals surface area contributed by atoms with Crippen LogP contribution in [-0.2, 0) is 17.8 Å². The van der Waals surface area contributed by atoms with Crippen molar-refractivity contribution in [3.63, 3.8) is 0 Å². The highest BCUT2D eigenvalue weighted by molar-refractivity contribution is 5.29. The van der Waals surface area contributed by atoms with Crippen LogP contribution in [0.15, 0.2) is 0 Å². The summed E-state index contributed by atoms with van der Waals surface area (Å²) in [6.45, 7) is 3.76. The zero-order chi connectivity index (χ0) is 9.38. The van der Waals surface area contributed by atoms with Crippen LogP contribution in [0.3, 0.4) is 0 Å². The molecule has 0 amide bonds. The zero-order valence-electron chi connectivity index (χ0n) is 8.18. The van der Waals surface area contributed by atoms with E-state index < -0.39 is 0 Å². The monoisotopic (exact) mass is 193 g/mol. The van der Waals surface area contributed by atoms with Gasteiger partial charge in [0.15, 0.2) is 0 Å². The third-order valence-electron chi connectivity index (χ3n) is 3.17. The standard InChI is InChI=1S/C10H15N3O/c1-3-11-5-7(1)10-8-6-14-4-2-9(8)12-13-10/h7,11H,1-6H2,(H,12,13). The summed E-state index contributed by atoms with van der Waals surface area (Å²) in [5.74, 6) is 0.594. The molecule has 0 spiro atoms. The van der Waals surface area contributed by atoms with E-state index >= 15 is 0 Å². The first-order valence-electron chi connectivity index (χ1n) is 5.29. The Balaban J connectivity index is 1.93. The fourth-order valence-corrected chi connectivity index (χ4v) is 2.36. The molecule has 1 fully saturated rings. The van der Waals surface area contributed by atoms with Crippen molar-refractivity contribution < 1.29 is 4.74 Å². The number of aromatic amines is 1. The molecule has 4 heteroatoms. The Morgan fingerprint density at radius 3 is 3.29 bits per heavy atom. The molecule has 2 N–H and O–H groups in total. The smallest absolute Gasteiger partial charge is 0.0753 e. The van der Waals surface area contributed by atoms with Crippen LogP contribution in [0.25, 0.3) is 0 Å². The number of fused-ring (bicyclic) bond motifs is 1. The first kappa shape index (κ1) is 8.44. The van der Waals surface area contributed by atoms with Gasteiger partial charge in [-0.1, -0.05) is 0 Å². The minimum absolute atomic E-state index is 0.594. The quantitative estimate of drug-likeness (QED) is 0.685. The van der Waals surface area contributed by atoms with Gasteiger partial charge in [-0.2, -0.15) is 5.10 Å². The molecule has 0 bridgehead atoms. The van der Waals surface area contributed by atoms with Crippen molar-refractivity contribution in [3.8, 4) is 0 Å². The normalized spacial score (nSPS) is 26.4. The fourth-order valence-electron chi connectivity index (χ4n) is 2.36. The maximum absolute atomic E-state index is 5.47. The van der Waals surface area contributed by atoms with Crippen molar-refractivity contribution in [3.05, 3.63) is 17.0 Å². The molecule has 0 aromatic carbocycles. The average molecular weight is 193 g/mol. The number of aromatic nitrogens is 2. The van der Waals surface area contributed by atoms with Gasteiger partial charge in [-0.15, -0.1) is 0 Å². The molecule has 1 aromatic heterocycles. The molecule has 2 aliphatic heterocycles. The van der Waals surface area contributed by atoms with Crippen LogP contribution >= 0.6 is 0 Å². The summed E-state index contributed by atoms with van der Waals surface area (Å²) in [7, 11) is 0. The van der Waals surface area contributed by atoms with Gasteiger partial charge < -0.3 is 10.1 Å². The molecule has 4 nitrogen and oxygen atoms in total. The lowest BCUT2D eigenvalue weighted by Gasteiger charge is -2.14. The van der Waals surface area contributed by atoms with E-state index in [9.17, 15) is 0 Å². The van der Waals surface area contributed by atoms with Gasteiger partial charge in [0.2, 0.25) is 0 Å². The molecule has 1 aromatic rings. The molecule has 76 valence electrons. The van der Waals surface area contributed by atoms with Crippen molar-refractivity contribution in [2.24, 2.45) is 0 Å². The van der Waals surface area contributed by atoms with E-state index in [-0.39, 0.29) is 0 Å². The summed E-state index contributed by atoms with van der Waals surface area (Å²) in [5.41, 5.74) is 3.85. The van der Waals surface area contributed by atoms with E-state index in [4.69, 9.17) is 4.74 Å². The Hall–Kier alpha value is -0.870. The number of hydrogen-bond donors (Lipinski definition) is 2. The molecule has 0 saturated carbocycles. The Morgan fingerprint density at radius 1 is 1.43 bits per heavy atom. The van der Waals surface area contributed by atoms with Gasteiger partial charge in [0.05, 0.1) is 18.9 Å². The lowest BCUT2D eigenvalue weighted by atomic mass is 9.98. The fraction of sp³-hybridized carbons (Fsp3) is 0.700. The number of nitrogens with zero attached hydrogens (tertiary/aromatic N) is 1. The van der Waals surface area contributed by atoms with E-state index in [1.165, 1.54) is 23.4 Å². The van der Waals surface area contributed by atoms with E-state index in [0.717, 1.165) is 32.7 Å². The number of nitrogens with one attached hydrogen (secondary N) is 2. The Labute approximate surface area is 83.0 Å². The molecule has 0 radical (unpaired) electrons. The Bertz CT molecular complexity index is 328. The van der Waals surface area contributed by atoms with Gasteiger partial charge in [-0.3, -0.25) is 5.10 Å². The molecule has 1 atom stereocenters. The third-order valence-corrected chi connectivity index (χ3v) is 3.17. The lowest BCUT2D eigenvalue weighted by Crippen LogP contribution is -2.13. The predicted octanol–water partition coefficient (Wildman–Crippen LogP) is 0.559. The van der Waals surface area contributed by atoms with E-state index in [1.54, 1.807) is 0 Å². The van der Waals surface area contributed by atoms with Crippen molar-refractivity contribution in [2.75, 3.05) is 19.7 Å². The van der Waals surface area contributed by atoms with E-state index in [1.807, 2.05) is 0 Å². The van der Waals surface area contributed by atoms with Crippen LogP contribution in [0.2, 0.25) is 0 Å². The van der Waals surface area contributed by atoms with Gasteiger partial charge in [-0.25, -0.2) is 0 Å². The van der Waals surface area contributed by atoms with Gasteiger partial charge >= 0.3 is 0 Å². The second kappa shape index (κ2) is 3.37. The summed E-state index contributed by atoms with van der Waals surface area (Å²) in [6.07, 6.45) is 2.19. The maximum Gasteiger partial charge on any atom is 0.0753 e. The molecule has 1 saturated heterocycles. The van der Waals surface area contributed by atoms with Crippen LogP contribution in [0.4, 0.5) is 0 Å². The average Bonchev–Trinajstić information content (AvgIpc) is 2.85.